The second kappa shape index (κ2) is 8.00. The van der Waals surface area contributed by atoms with E-state index < -0.39 is 0 Å². The van der Waals surface area contributed by atoms with Crippen molar-refractivity contribution in [3.63, 3.8) is 0 Å². The minimum absolute atomic E-state index is 0.0146. The van der Waals surface area contributed by atoms with Crippen LogP contribution in [0.25, 0.3) is 0 Å². The van der Waals surface area contributed by atoms with Crippen LogP contribution in [0.4, 0.5) is 17.2 Å². The predicted molar refractivity (Wildman–Crippen MR) is 110 cm³/mol. The van der Waals surface area contributed by atoms with Gasteiger partial charge in [0.05, 0.1) is 0 Å². The van der Waals surface area contributed by atoms with Crippen molar-refractivity contribution in [1.29, 1.82) is 0 Å². The SMILES string of the molecule is CC(=O)c1ccc(Nc2ccc(C(=O)Nc3c(C)cc(C)cc3C)nn2)cc1. The van der Waals surface area contributed by atoms with Crippen LogP contribution < -0.4 is 10.6 Å². The topological polar surface area (TPSA) is 84.0 Å². The van der Waals surface area contributed by atoms with E-state index in [-0.39, 0.29) is 17.4 Å². The molecule has 0 bridgehead atoms. The van der Waals surface area contributed by atoms with Gasteiger partial charge in [-0.05, 0) is 75.2 Å². The zero-order valence-corrected chi connectivity index (χ0v) is 16.3. The molecule has 0 saturated carbocycles. The highest BCUT2D eigenvalue weighted by Gasteiger charge is 2.12. The Bertz CT molecular complexity index is 1000. The molecule has 0 radical (unpaired) electrons. The molecule has 1 heterocycles. The van der Waals surface area contributed by atoms with Crippen molar-refractivity contribution in [2.75, 3.05) is 10.6 Å². The van der Waals surface area contributed by atoms with Crippen molar-refractivity contribution in [1.82, 2.24) is 10.2 Å². The Morgan fingerprint density at radius 2 is 1.50 bits per heavy atom. The Hall–Kier alpha value is -3.54. The van der Waals surface area contributed by atoms with Crippen molar-refractivity contribution < 1.29 is 9.59 Å². The first-order chi connectivity index (χ1) is 13.3. The third kappa shape index (κ3) is 4.40. The molecule has 0 spiro atoms. The van der Waals surface area contributed by atoms with Gasteiger partial charge >= 0.3 is 0 Å². The van der Waals surface area contributed by atoms with Gasteiger partial charge in [-0.3, -0.25) is 9.59 Å². The smallest absolute Gasteiger partial charge is 0.276 e. The lowest BCUT2D eigenvalue weighted by Crippen LogP contribution is -2.16. The van der Waals surface area contributed by atoms with E-state index in [1.165, 1.54) is 6.92 Å². The normalized spacial score (nSPS) is 10.4. The summed E-state index contributed by atoms with van der Waals surface area (Å²) in [7, 11) is 0. The standard InChI is InChI=1S/C22H22N4O2/c1-13-11-14(2)21(15(3)12-13)24-22(28)19-9-10-20(26-25-19)23-18-7-5-17(6-8-18)16(4)27/h5-12H,1-4H3,(H,23,26)(H,24,28). The number of nitrogens with zero attached hydrogens (tertiary/aromatic N) is 2. The monoisotopic (exact) mass is 374 g/mol. The lowest BCUT2D eigenvalue weighted by Gasteiger charge is -2.12. The molecule has 2 N–H and O–H groups in total. The van der Waals surface area contributed by atoms with Crippen LogP contribution in [-0.4, -0.2) is 21.9 Å². The summed E-state index contributed by atoms with van der Waals surface area (Å²) in [5.41, 5.74) is 5.62. The minimum Gasteiger partial charge on any atom is -0.339 e. The Morgan fingerprint density at radius 3 is 2.04 bits per heavy atom. The number of Topliss-reactive ketones (excluding diaryl/α,β-unsaturated/α-hetero) is 1. The van der Waals surface area contributed by atoms with Crippen LogP contribution in [0.3, 0.4) is 0 Å². The van der Waals surface area contributed by atoms with Crippen LogP contribution >= 0.6 is 0 Å². The van der Waals surface area contributed by atoms with Crippen LogP contribution in [0.5, 0.6) is 0 Å². The van der Waals surface area contributed by atoms with Crippen molar-refractivity contribution in [2.24, 2.45) is 0 Å². The molecule has 28 heavy (non-hydrogen) atoms. The average Bonchev–Trinajstić information content (AvgIpc) is 2.65. The minimum atomic E-state index is -0.306. The first-order valence-electron chi connectivity index (χ1n) is 8.94. The van der Waals surface area contributed by atoms with E-state index in [1.807, 2.05) is 32.9 Å². The van der Waals surface area contributed by atoms with E-state index >= 15 is 0 Å². The lowest BCUT2D eigenvalue weighted by molar-refractivity contribution is 0.101. The van der Waals surface area contributed by atoms with Crippen molar-refractivity contribution >= 4 is 28.9 Å². The molecule has 0 unspecified atom stereocenters. The summed E-state index contributed by atoms with van der Waals surface area (Å²) in [5.74, 6) is 0.218. The third-order valence-corrected chi connectivity index (χ3v) is 4.38. The van der Waals surface area contributed by atoms with Gasteiger partial charge in [0.25, 0.3) is 5.91 Å². The number of aromatic nitrogens is 2. The summed E-state index contributed by atoms with van der Waals surface area (Å²) in [6.07, 6.45) is 0. The number of benzene rings is 2. The number of rotatable bonds is 5. The number of hydrogen-bond acceptors (Lipinski definition) is 5. The maximum atomic E-state index is 12.5. The molecule has 0 atom stereocenters. The summed E-state index contributed by atoms with van der Waals surface area (Å²) in [6.45, 7) is 7.48. The first kappa shape index (κ1) is 19.2. The highest BCUT2D eigenvalue weighted by atomic mass is 16.2. The summed E-state index contributed by atoms with van der Waals surface area (Å²) in [6, 6.07) is 14.4. The van der Waals surface area contributed by atoms with Gasteiger partial charge in [-0.1, -0.05) is 17.7 Å². The number of nitrogens with one attached hydrogen (secondary N) is 2. The summed E-state index contributed by atoms with van der Waals surface area (Å²) in [5, 5.41) is 14.1. The molecule has 0 aliphatic heterocycles. The highest BCUT2D eigenvalue weighted by molar-refractivity contribution is 6.03. The van der Waals surface area contributed by atoms with Gasteiger partial charge in [0, 0.05) is 16.9 Å². The maximum absolute atomic E-state index is 12.5. The van der Waals surface area contributed by atoms with Crippen LogP contribution in [0, 0.1) is 20.8 Å². The van der Waals surface area contributed by atoms with E-state index in [0.29, 0.717) is 11.4 Å². The number of hydrogen-bond donors (Lipinski definition) is 2. The molecule has 2 aromatic carbocycles. The molecule has 3 rings (SSSR count). The van der Waals surface area contributed by atoms with Crippen molar-refractivity contribution in [2.45, 2.75) is 27.7 Å². The van der Waals surface area contributed by atoms with E-state index in [1.54, 1.807) is 36.4 Å². The van der Waals surface area contributed by atoms with Gasteiger partial charge in [-0.25, -0.2) is 0 Å². The largest absolute Gasteiger partial charge is 0.339 e. The molecule has 3 aromatic rings. The molecule has 0 fully saturated rings. The maximum Gasteiger partial charge on any atom is 0.276 e. The zero-order chi connectivity index (χ0) is 20.3. The van der Waals surface area contributed by atoms with E-state index in [9.17, 15) is 9.59 Å². The van der Waals surface area contributed by atoms with E-state index in [4.69, 9.17) is 0 Å². The molecule has 0 aliphatic rings. The fraction of sp³-hybridized carbons (Fsp3) is 0.182. The summed E-state index contributed by atoms with van der Waals surface area (Å²) in [4.78, 5) is 23.8. The van der Waals surface area contributed by atoms with Crippen LogP contribution in [0.1, 0.15) is 44.5 Å². The van der Waals surface area contributed by atoms with E-state index in [0.717, 1.165) is 28.1 Å². The summed E-state index contributed by atoms with van der Waals surface area (Å²) >= 11 is 0. The number of carbonyl (C=O) groups is 2. The number of ketones is 1. The molecule has 0 aliphatic carbocycles. The molecule has 142 valence electrons. The predicted octanol–water partition coefficient (Wildman–Crippen LogP) is 4.60. The van der Waals surface area contributed by atoms with Gasteiger partial charge in [0.15, 0.2) is 17.3 Å². The summed E-state index contributed by atoms with van der Waals surface area (Å²) < 4.78 is 0. The van der Waals surface area contributed by atoms with Gasteiger partial charge in [-0.2, -0.15) is 0 Å². The molecule has 6 heteroatoms. The van der Waals surface area contributed by atoms with E-state index in [2.05, 4.69) is 20.8 Å². The lowest BCUT2D eigenvalue weighted by atomic mass is 10.1. The third-order valence-electron chi connectivity index (χ3n) is 4.38. The Balaban J connectivity index is 1.70. The molecular formula is C22H22N4O2. The number of anilines is 3. The van der Waals surface area contributed by atoms with Crippen molar-refractivity contribution in [3.8, 4) is 0 Å². The first-order valence-corrected chi connectivity index (χ1v) is 8.94. The van der Waals surface area contributed by atoms with Crippen LogP contribution in [-0.2, 0) is 0 Å². The fourth-order valence-corrected chi connectivity index (χ4v) is 3.01. The molecule has 0 saturated heterocycles. The number of amides is 1. The number of aryl methyl sites for hydroxylation is 3. The second-order valence-corrected chi connectivity index (χ2v) is 6.79. The van der Waals surface area contributed by atoms with Gasteiger partial charge in [0.2, 0.25) is 0 Å². The Morgan fingerprint density at radius 1 is 0.857 bits per heavy atom. The highest BCUT2D eigenvalue weighted by Crippen LogP contribution is 2.22. The average molecular weight is 374 g/mol. The van der Waals surface area contributed by atoms with Gasteiger partial charge in [-0.15, -0.1) is 10.2 Å². The molecule has 1 amide bonds. The van der Waals surface area contributed by atoms with Gasteiger partial charge in [0.1, 0.15) is 0 Å². The van der Waals surface area contributed by atoms with Crippen LogP contribution in [0.2, 0.25) is 0 Å². The van der Waals surface area contributed by atoms with Gasteiger partial charge < -0.3 is 10.6 Å². The fourth-order valence-electron chi connectivity index (χ4n) is 3.01. The molecule has 6 nitrogen and oxygen atoms in total. The molecule has 1 aromatic heterocycles. The Labute approximate surface area is 164 Å². The molecular weight excluding hydrogens is 352 g/mol. The van der Waals surface area contributed by atoms with Crippen LogP contribution in [0.15, 0.2) is 48.5 Å². The number of carbonyl (C=O) groups excluding carboxylic acids is 2. The van der Waals surface area contributed by atoms with Crippen molar-refractivity contribution in [3.05, 3.63) is 76.5 Å². The second-order valence-electron chi connectivity index (χ2n) is 6.79. The Kier molecular flexibility index (Phi) is 5.49. The quantitative estimate of drug-likeness (QED) is 0.638. The zero-order valence-electron chi connectivity index (χ0n) is 16.3.